The molecule has 7 nitrogen and oxygen atoms in total. The van der Waals surface area contributed by atoms with Crippen LogP contribution in [0.3, 0.4) is 0 Å². The molecule has 0 aliphatic heterocycles. The van der Waals surface area contributed by atoms with Gasteiger partial charge >= 0.3 is 0 Å². The van der Waals surface area contributed by atoms with Crippen LogP contribution in [0.2, 0.25) is 0 Å². The summed E-state index contributed by atoms with van der Waals surface area (Å²) in [5, 5.41) is 15.0. The summed E-state index contributed by atoms with van der Waals surface area (Å²) in [7, 11) is 1.83. The molecule has 1 heterocycles. The summed E-state index contributed by atoms with van der Waals surface area (Å²) in [6, 6.07) is 14.7. The lowest BCUT2D eigenvalue weighted by molar-refractivity contribution is -0.113. The molecule has 0 radical (unpaired) electrons. The van der Waals surface area contributed by atoms with E-state index in [2.05, 4.69) is 27.8 Å². The summed E-state index contributed by atoms with van der Waals surface area (Å²) in [4.78, 5) is 24.9. The highest BCUT2D eigenvalue weighted by molar-refractivity contribution is 7.99. The molecule has 31 heavy (non-hydrogen) atoms. The number of rotatable bonds is 8. The van der Waals surface area contributed by atoms with E-state index in [1.54, 1.807) is 16.7 Å². The zero-order valence-electron chi connectivity index (χ0n) is 18.2. The molecular formula is C23H27N5O2S. The standard InChI is InChI=1S/C23H27N5O2S/c1-5-17-13-9-10-15(2)20(17)25-19(29)14-31-23-27-26-21(28(23)4)16(3)24-22(30)18-11-7-6-8-12-18/h6-13,16H,5,14H2,1-4H3,(H,24,30)(H,25,29)/t16-/m0/s1. The minimum absolute atomic E-state index is 0.0935. The van der Waals surface area contributed by atoms with Crippen LogP contribution < -0.4 is 10.6 Å². The van der Waals surface area contributed by atoms with Crippen molar-refractivity contribution >= 4 is 29.3 Å². The molecule has 2 aromatic carbocycles. The van der Waals surface area contributed by atoms with Crippen molar-refractivity contribution in [3.8, 4) is 0 Å². The fourth-order valence-electron chi connectivity index (χ4n) is 3.27. The van der Waals surface area contributed by atoms with Gasteiger partial charge in [0.25, 0.3) is 5.91 Å². The van der Waals surface area contributed by atoms with Crippen LogP contribution in [0.4, 0.5) is 5.69 Å². The molecule has 0 aliphatic carbocycles. The van der Waals surface area contributed by atoms with Crippen LogP contribution in [-0.2, 0) is 18.3 Å². The van der Waals surface area contributed by atoms with Crippen LogP contribution in [0.5, 0.6) is 0 Å². The SMILES string of the molecule is CCc1cccc(C)c1NC(=O)CSc1nnc([C@H](C)NC(=O)c2ccccc2)n1C. The van der Waals surface area contributed by atoms with Gasteiger partial charge in [-0.25, -0.2) is 0 Å². The van der Waals surface area contributed by atoms with Crippen molar-refractivity contribution in [2.24, 2.45) is 7.05 Å². The predicted octanol–water partition coefficient (Wildman–Crippen LogP) is 3.91. The Bertz CT molecular complexity index is 1070. The highest BCUT2D eigenvalue weighted by atomic mass is 32.2. The summed E-state index contributed by atoms with van der Waals surface area (Å²) in [5.74, 6) is 0.576. The van der Waals surface area contributed by atoms with Gasteiger partial charge in [0.15, 0.2) is 11.0 Å². The topological polar surface area (TPSA) is 88.9 Å². The maximum absolute atomic E-state index is 12.5. The fraction of sp³-hybridized carbons (Fsp3) is 0.304. The Morgan fingerprint density at radius 1 is 1.10 bits per heavy atom. The van der Waals surface area contributed by atoms with Crippen LogP contribution in [0.25, 0.3) is 0 Å². The number of nitrogens with zero attached hydrogens (tertiary/aromatic N) is 3. The highest BCUT2D eigenvalue weighted by Gasteiger charge is 2.19. The number of hydrogen-bond donors (Lipinski definition) is 2. The molecule has 0 fully saturated rings. The summed E-state index contributed by atoms with van der Waals surface area (Å²) in [6.07, 6.45) is 0.851. The van der Waals surface area contributed by atoms with Crippen LogP contribution in [0, 0.1) is 6.92 Å². The number of aromatic nitrogens is 3. The number of anilines is 1. The molecule has 0 aliphatic rings. The van der Waals surface area contributed by atoms with Crippen molar-refractivity contribution < 1.29 is 9.59 Å². The number of aryl methyl sites for hydroxylation is 2. The van der Waals surface area contributed by atoms with E-state index in [1.165, 1.54) is 11.8 Å². The van der Waals surface area contributed by atoms with Gasteiger partial charge in [-0.05, 0) is 43.5 Å². The zero-order valence-corrected chi connectivity index (χ0v) is 19.0. The molecule has 3 rings (SSSR count). The molecular weight excluding hydrogens is 410 g/mol. The van der Waals surface area contributed by atoms with Crippen molar-refractivity contribution in [2.45, 2.75) is 38.4 Å². The fourth-order valence-corrected chi connectivity index (χ4v) is 3.99. The first-order valence-electron chi connectivity index (χ1n) is 10.2. The Kier molecular flexibility index (Phi) is 7.46. The highest BCUT2D eigenvalue weighted by Crippen LogP contribution is 2.23. The van der Waals surface area contributed by atoms with Crippen LogP contribution in [0.1, 0.15) is 47.2 Å². The average molecular weight is 438 g/mol. The van der Waals surface area contributed by atoms with Gasteiger partial charge < -0.3 is 15.2 Å². The third kappa shape index (κ3) is 5.52. The monoisotopic (exact) mass is 437 g/mol. The molecule has 2 amide bonds. The van der Waals surface area contributed by atoms with Crippen molar-refractivity contribution in [3.05, 3.63) is 71.0 Å². The smallest absolute Gasteiger partial charge is 0.251 e. The second-order valence-electron chi connectivity index (χ2n) is 7.26. The number of amides is 2. The van der Waals surface area contributed by atoms with E-state index in [4.69, 9.17) is 0 Å². The molecule has 1 aromatic heterocycles. The van der Waals surface area contributed by atoms with Crippen LogP contribution >= 0.6 is 11.8 Å². The number of hydrogen-bond acceptors (Lipinski definition) is 5. The van der Waals surface area contributed by atoms with Crippen LogP contribution in [0.15, 0.2) is 53.7 Å². The maximum Gasteiger partial charge on any atom is 0.251 e. The molecule has 8 heteroatoms. The van der Waals surface area contributed by atoms with E-state index in [0.29, 0.717) is 16.5 Å². The van der Waals surface area contributed by atoms with Gasteiger partial charge in [0.2, 0.25) is 5.91 Å². The van der Waals surface area contributed by atoms with Crippen molar-refractivity contribution in [3.63, 3.8) is 0 Å². The molecule has 162 valence electrons. The van der Waals surface area contributed by atoms with Gasteiger partial charge in [0, 0.05) is 18.3 Å². The van der Waals surface area contributed by atoms with Gasteiger partial charge in [-0.3, -0.25) is 9.59 Å². The first-order valence-corrected chi connectivity index (χ1v) is 11.2. The number of carbonyl (C=O) groups is 2. The molecule has 0 saturated carbocycles. The van der Waals surface area contributed by atoms with Gasteiger partial charge in [-0.15, -0.1) is 10.2 Å². The van der Waals surface area contributed by atoms with E-state index >= 15 is 0 Å². The van der Waals surface area contributed by atoms with Gasteiger partial charge in [0.1, 0.15) is 0 Å². The maximum atomic E-state index is 12.5. The lowest BCUT2D eigenvalue weighted by Gasteiger charge is -2.14. The lowest BCUT2D eigenvalue weighted by Crippen LogP contribution is -2.28. The van der Waals surface area contributed by atoms with Gasteiger partial charge in [-0.2, -0.15) is 0 Å². The van der Waals surface area contributed by atoms with E-state index in [0.717, 1.165) is 23.2 Å². The van der Waals surface area contributed by atoms with E-state index in [1.807, 2.05) is 57.3 Å². The Balaban J connectivity index is 1.60. The Hall–Kier alpha value is -3.13. The molecule has 0 unspecified atom stereocenters. The zero-order chi connectivity index (χ0) is 22.4. The van der Waals surface area contributed by atoms with Crippen molar-refractivity contribution in [2.75, 3.05) is 11.1 Å². The number of para-hydroxylation sites is 1. The molecule has 0 bridgehead atoms. The number of thioether (sulfide) groups is 1. The third-order valence-electron chi connectivity index (χ3n) is 4.98. The van der Waals surface area contributed by atoms with Crippen LogP contribution in [-0.4, -0.2) is 32.3 Å². The average Bonchev–Trinajstić information content (AvgIpc) is 3.14. The molecule has 0 saturated heterocycles. The van der Waals surface area contributed by atoms with Crippen molar-refractivity contribution in [1.82, 2.24) is 20.1 Å². The largest absolute Gasteiger partial charge is 0.342 e. The van der Waals surface area contributed by atoms with Crippen molar-refractivity contribution in [1.29, 1.82) is 0 Å². The minimum Gasteiger partial charge on any atom is -0.342 e. The predicted molar refractivity (Wildman–Crippen MR) is 123 cm³/mol. The molecule has 1 atom stereocenters. The summed E-state index contributed by atoms with van der Waals surface area (Å²) < 4.78 is 1.80. The molecule has 0 spiro atoms. The van der Waals surface area contributed by atoms with E-state index < -0.39 is 0 Å². The second kappa shape index (κ2) is 10.3. The summed E-state index contributed by atoms with van der Waals surface area (Å²) in [6.45, 7) is 5.91. The molecule has 3 aromatic rings. The molecule has 2 N–H and O–H groups in total. The first kappa shape index (κ1) is 22.6. The normalized spacial score (nSPS) is 11.7. The van der Waals surface area contributed by atoms with Gasteiger partial charge in [-0.1, -0.05) is 55.1 Å². The lowest BCUT2D eigenvalue weighted by atomic mass is 10.1. The Morgan fingerprint density at radius 3 is 2.55 bits per heavy atom. The number of carbonyl (C=O) groups excluding carboxylic acids is 2. The Labute approximate surface area is 186 Å². The number of benzene rings is 2. The number of nitrogens with one attached hydrogen (secondary N) is 2. The third-order valence-corrected chi connectivity index (χ3v) is 6.00. The summed E-state index contributed by atoms with van der Waals surface area (Å²) >= 11 is 1.31. The first-order chi connectivity index (χ1) is 14.9. The van der Waals surface area contributed by atoms with E-state index in [-0.39, 0.29) is 23.6 Å². The quantitative estimate of drug-likeness (QED) is 0.522. The summed E-state index contributed by atoms with van der Waals surface area (Å²) in [5.41, 5.74) is 3.63. The van der Waals surface area contributed by atoms with Gasteiger partial charge in [0.05, 0.1) is 11.8 Å². The second-order valence-corrected chi connectivity index (χ2v) is 8.20. The van der Waals surface area contributed by atoms with E-state index in [9.17, 15) is 9.59 Å². The minimum atomic E-state index is -0.326. The Morgan fingerprint density at radius 2 is 1.84 bits per heavy atom.